The van der Waals surface area contributed by atoms with Crippen LogP contribution in [0.1, 0.15) is 23.9 Å². The van der Waals surface area contributed by atoms with Crippen LogP contribution < -0.4 is 4.72 Å². The predicted octanol–water partition coefficient (Wildman–Crippen LogP) is 4.09. The molecule has 0 radical (unpaired) electrons. The lowest BCUT2D eigenvalue weighted by Crippen LogP contribution is -2.28. The van der Waals surface area contributed by atoms with Crippen LogP contribution in [-0.2, 0) is 23.0 Å². The van der Waals surface area contributed by atoms with Crippen molar-refractivity contribution in [2.45, 2.75) is 30.5 Å². The molecule has 3 heterocycles. The highest BCUT2D eigenvalue weighted by molar-refractivity contribution is 7.92. The van der Waals surface area contributed by atoms with Crippen molar-refractivity contribution in [3.05, 3.63) is 58.8 Å². The number of nitrogens with zero attached hydrogens (tertiary/aromatic N) is 4. The smallest absolute Gasteiger partial charge is 0.418 e. The van der Waals surface area contributed by atoms with Crippen LogP contribution in [0.4, 0.5) is 4.79 Å². The zero-order valence-corrected chi connectivity index (χ0v) is 19.4. The van der Waals surface area contributed by atoms with Crippen molar-refractivity contribution < 1.29 is 18.3 Å². The molecule has 0 saturated heterocycles. The normalized spacial score (nSPS) is 11.5. The van der Waals surface area contributed by atoms with Crippen molar-refractivity contribution in [3.8, 4) is 22.1 Å². The van der Waals surface area contributed by atoms with Gasteiger partial charge in [-0.2, -0.15) is 0 Å². The zero-order valence-electron chi connectivity index (χ0n) is 16.9. The van der Waals surface area contributed by atoms with Crippen LogP contribution in [0, 0.1) is 0 Å². The van der Waals surface area contributed by atoms with Crippen LogP contribution >= 0.6 is 22.7 Å². The molecule has 4 aromatic rings. The first-order chi connectivity index (χ1) is 15.4. The van der Waals surface area contributed by atoms with E-state index in [4.69, 9.17) is 5.11 Å². The van der Waals surface area contributed by atoms with Crippen LogP contribution in [0.15, 0.2) is 52.4 Å². The van der Waals surface area contributed by atoms with Gasteiger partial charge in [-0.15, -0.1) is 22.7 Å². The number of carbonyl (C=O) groups is 1. The highest BCUT2D eigenvalue weighted by atomic mass is 32.2. The summed E-state index contributed by atoms with van der Waals surface area (Å²) in [5.74, 6) is 0.779. The fourth-order valence-electron chi connectivity index (χ4n) is 3.13. The summed E-state index contributed by atoms with van der Waals surface area (Å²) in [6.07, 6.45) is 5.11. The highest BCUT2D eigenvalue weighted by Crippen LogP contribution is 2.33. The van der Waals surface area contributed by atoms with Crippen LogP contribution in [0.2, 0.25) is 0 Å². The Hall–Kier alpha value is -3.09. The van der Waals surface area contributed by atoms with E-state index >= 15 is 0 Å². The Morgan fingerprint density at radius 1 is 1.19 bits per heavy atom. The van der Waals surface area contributed by atoms with Gasteiger partial charge in [0.05, 0.1) is 5.01 Å². The van der Waals surface area contributed by atoms with E-state index in [0.29, 0.717) is 23.5 Å². The van der Waals surface area contributed by atoms with E-state index in [-0.39, 0.29) is 9.90 Å². The second-order valence-corrected chi connectivity index (χ2v) is 10.7. The van der Waals surface area contributed by atoms with Gasteiger partial charge in [-0.1, -0.05) is 31.2 Å². The van der Waals surface area contributed by atoms with E-state index in [0.717, 1.165) is 34.2 Å². The number of aromatic nitrogens is 4. The molecule has 1 amide bonds. The fraction of sp³-hybridized carbons (Fsp3) is 0.200. The quantitative estimate of drug-likeness (QED) is 0.382. The fourth-order valence-corrected chi connectivity index (χ4v) is 6.29. The van der Waals surface area contributed by atoms with Crippen molar-refractivity contribution in [2.24, 2.45) is 0 Å². The molecule has 9 nitrogen and oxygen atoms in total. The molecule has 32 heavy (non-hydrogen) atoms. The van der Waals surface area contributed by atoms with Gasteiger partial charge in [-0.3, -0.25) is 0 Å². The molecule has 0 spiro atoms. The average molecular weight is 490 g/mol. The van der Waals surface area contributed by atoms with Gasteiger partial charge in [0.1, 0.15) is 5.69 Å². The molecule has 0 aliphatic heterocycles. The van der Waals surface area contributed by atoms with Crippen molar-refractivity contribution in [3.63, 3.8) is 0 Å². The summed E-state index contributed by atoms with van der Waals surface area (Å²) in [5, 5.41) is 12.3. The standard InChI is InChI=1S/C20H19N5O4S3/c1-2-3-15-23-16(19(31-15)32(28,29)24-20(26)27)14-6-4-13(5-7-14)12-25-10-8-21-17(25)18-22-9-11-30-18/h4-11,24H,2-3,12H2,1H3,(H,26,27). The van der Waals surface area contributed by atoms with Crippen LogP contribution in [0.25, 0.3) is 22.1 Å². The van der Waals surface area contributed by atoms with Crippen LogP contribution in [0.3, 0.4) is 0 Å². The molecule has 0 atom stereocenters. The summed E-state index contributed by atoms with van der Waals surface area (Å²) in [6.45, 7) is 2.54. The number of nitrogens with one attached hydrogen (secondary N) is 1. The van der Waals surface area contributed by atoms with Gasteiger partial charge in [0.25, 0.3) is 10.0 Å². The van der Waals surface area contributed by atoms with E-state index in [9.17, 15) is 13.2 Å². The zero-order chi connectivity index (χ0) is 22.7. The molecule has 2 N–H and O–H groups in total. The number of aryl methyl sites for hydroxylation is 1. The number of hydrogen-bond acceptors (Lipinski definition) is 8. The highest BCUT2D eigenvalue weighted by Gasteiger charge is 2.26. The first-order valence-corrected chi connectivity index (χ1v) is 12.8. The van der Waals surface area contributed by atoms with E-state index in [1.807, 2.05) is 35.2 Å². The molecule has 0 saturated carbocycles. The summed E-state index contributed by atoms with van der Waals surface area (Å²) in [6, 6.07) is 7.36. The maximum absolute atomic E-state index is 12.5. The topological polar surface area (TPSA) is 127 Å². The lowest BCUT2D eigenvalue weighted by molar-refractivity contribution is 0.201. The molecular formula is C20H19N5O4S3. The summed E-state index contributed by atoms with van der Waals surface area (Å²) in [5.41, 5.74) is 1.84. The van der Waals surface area contributed by atoms with Gasteiger partial charge in [-0.05, 0) is 18.4 Å². The number of carboxylic acid groups (broad SMARTS) is 1. The Morgan fingerprint density at radius 3 is 2.62 bits per heavy atom. The van der Waals surface area contributed by atoms with Crippen LogP contribution in [-0.4, -0.2) is 39.1 Å². The number of thiazole rings is 2. The van der Waals surface area contributed by atoms with Crippen molar-refractivity contribution in [1.82, 2.24) is 24.2 Å². The lowest BCUT2D eigenvalue weighted by atomic mass is 10.1. The predicted molar refractivity (Wildman–Crippen MR) is 122 cm³/mol. The number of rotatable bonds is 8. The van der Waals surface area contributed by atoms with Crippen LogP contribution in [0.5, 0.6) is 0 Å². The Kier molecular flexibility index (Phi) is 6.35. The lowest BCUT2D eigenvalue weighted by Gasteiger charge is -2.08. The molecule has 4 rings (SSSR count). The third-order valence-electron chi connectivity index (χ3n) is 4.49. The first-order valence-electron chi connectivity index (χ1n) is 9.63. The molecule has 1 aromatic carbocycles. The summed E-state index contributed by atoms with van der Waals surface area (Å²) < 4.78 is 28.6. The SMILES string of the molecule is CCCc1nc(-c2ccc(Cn3ccnc3-c3nccs3)cc2)c(S(=O)(=O)NC(=O)O)s1. The minimum atomic E-state index is -4.23. The third kappa shape index (κ3) is 4.71. The largest absolute Gasteiger partial charge is 0.464 e. The number of sulfonamides is 1. The third-order valence-corrected chi connectivity index (χ3v) is 8.20. The van der Waals surface area contributed by atoms with Gasteiger partial charge >= 0.3 is 6.09 Å². The Morgan fingerprint density at radius 2 is 1.97 bits per heavy atom. The van der Waals surface area contributed by atoms with Crippen molar-refractivity contribution in [1.29, 1.82) is 0 Å². The van der Waals surface area contributed by atoms with E-state index < -0.39 is 16.1 Å². The molecule has 0 aliphatic carbocycles. The van der Waals surface area contributed by atoms with Crippen molar-refractivity contribution >= 4 is 38.8 Å². The first kappa shape index (κ1) is 22.1. The molecule has 0 bridgehead atoms. The molecular weight excluding hydrogens is 470 g/mol. The minimum absolute atomic E-state index is 0.100. The second-order valence-electron chi connectivity index (χ2n) is 6.82. The molecule has 12 heteroatoms. The monoisotopic (exact) mass is 489 g/mol. The minimum Gasteiger partial charge on any atom is -0.464 e. The Bertz CT molecular complexity index is 1330. The van der Waals surface area contributed by atoms with Gasteiger partial charge in [0, 0.05) is 36.1 Å². The molecule has 0 unspecified atom stereocenters. The molecule has 0 aliphatic rings. The van der Waals surface area contributed by atoms with Gasteiger partial charge in [0.2, 0.25) is 0 Å². The molecule has 166 valence electrons. The number of hydrogen-bond donors (Lipinski definition) is 2. The summed E-state index contributed by atoms with van der Waals surface area (Å²) in [4.78, 5) is 24.1. The van der Waals surface area contributed by atoms with Gasteiger partial charge in [0.15, 0.2) is 15.0 Å². The Balaban J connectivity index is 1.64. The van der Waals surface area contributed by atoms with Gasteiger partial charge in [-0.25, -0.2) is 32.9 Å². The average Bonchev–Trinajstić information content (AvgIpc) is 3.48. The van der Waals surface area contributed by atoms with Crippen molar-refractivity contribution in [2.75, 3.05) is 0 Å². The maximum Gasteiger partial charge on any atom is 0.418 e. The molecule has 3 aromatic heterocycles. The Labute approximate surface area is 192 Å². The van der Waals surface area contributed by atoms with E-state index in [1.165, 1.54) is 11.3 Å². The van der Waals surface area contributed by atoms with Gasteiger partial charge < -0.3 is 9.67 Å². The number of amides is 1. The van der Waals surface area contributed by atoms with E-state index in [2.05, 4.69) is 15.0 Å². The maximum atomic E-state index is 12.5. The molecule has 0 fully saturated rings. The van der Waals surface area contributed by atoms with E-state index in [1.54, 1.807) is 29.2 Å². The number of benzene rings is 1. The second kappa shape index (κ2) is 9.18. The summed E-state index contributed by atoms with van der Waals surface area (Å²) in [7, 11) is -4.23. The summed E-state index contributed by atoms with van der Waals surface area (Å²) >= 11 is 2.51. The number of imidazole rings is 1.